The van der Waals surface area contributed by atoms with Gasteiger partial charge in [-0.3, -0.25) is 0 Å². The van der Waals surface area contributed by atoms with Crippen molar-refractivity contribution in [3.8, 4) is 22.1 Å². The van der Waals surface area contributed by atoms with Crippen molar-refractivity contribution in [3.63, 3.8) is 0 Å². The van der Waals surface area contributed by atoms with Crippen LogP contribution < -0.4 is 14.4 Å². The third-order valence-corrected chi connectivity index (χ3v) is 5.60. The predicted octanol–water partition coefficient (Wildman–Crippen LogP) is 3.19. The normalized spacial score (nSPS) is 16.9. The van der Waals surface area contributed by atoms with Crippen LogP contribution in [0, 0.1) is 5.82 Å². The average molecular weight is 385 g/mol. The molecule has 2 aromatic carbocycles. The highest BCUT2D eigenvalue weighted by Crippen LogP contribution is 2.30. The Labute approximate surface area is 162 Å². The molecule has 2 heterocycles. The Morgan fingerprint density at radius 3 is 2.70 bits per heavy atom. The van der Waals surface area contributed by atoms with Crippen LogP contribution in [-0.4, -0.2) is 30.8 Å². The Kier molecular flexibility index (Phi) is 5.36. The Morgan fingerprint density at radius 1 is 1.15 bits per heavy atom. The van der Waals surface area contributed by atoms with Gasteiger partial charge in [-0.2, -0.15) is 0 Å². The quantitative estimate of drug-likeness (QED) is 0.708. The summed E-state index contributed by atoms with van der Waals surface area (Å²) in [5, 5.41) is 3.01. The van der Waals surface area contributed by atoms with E-state index in [2.05, 4.69) is 12.3 Å². The first kappa shape index (κ1) is 17.9. The van der Waals surface area contributed by atoms with Gasteiger partial charge in [0.15, 0.2) is 17.6 Å². The van der Waals surface area contributed by atoms with Gasteiger partial charge in [0.25, 0.3) is 0 Å². The first-order valence-corrected chi connectivity index (χ1v) is 10.0. The summed E-state index contributed by atoms with van der Waals surface area (Å²) in [7, 11) is 0. The zero-order valence-corrected chi connectivity index (χ0v) is 16.0. The molecular weight excluding hydrogens is 363 g/mol. The third kappa shape index (κ3) is 4.28. The van der Waals surface area contributed by atoms with Gasteiger partial charge in [0.2, 0.25) is 0 Å². The smallest absolute Gasteiger partial charge is 0.181 e. The number of fused-ring (bicyclic) bond motifs is 1. The largest absolute Gasteiger partial charge is 0.486 e. The van der Waals surface area contributed by atoms with E-state index in [0.29, 0.717) is 6.61 Å². The Morgan fingerprint density at radius 2 is 1.93 bits per heavy atom. The fourth-order valence-corrected chi connectivity index (χ4v) is 4.02. The summed E-state index contributed by atoms with van der Waals surface area (Å²) in [6.45, 7) is 5.40. The minimum Gasteiger partial charge on any atom is -0.486 e. The van der Waals surface area contributed by atoms with Gasteiger partial charge in [0, 0.05) is 10.9 Å². The molecule has 0 saturated heterocycles. The molecule has 1 N–H and O–H groups in total. The SMILES string of the molecule is CC[NH+](Cc1csc(-c2ccc(F)cc2)n1)C[C@@H]1COc2ccccc2O1. The maximum absolute atomic E-state index is 13.1. The molecule has 0 saturated carbocycles. The van der Waals surface area contributed by atoms with E-state index in [9.17, 15) is 4.39 Å². The molecule has 1 aromatic heterocycles. The van der Waals surface area contributed by atoms with Crippen molar-refractivity contribution in [2.45, 2.75) is 19.6 Å². The number of hydrogen-bond donors (Lipinski definition) is 1. The molecule has 0 amide bonds. The van der Waals surface area contributed by atoms with Crippen LogP contribution >= 0.6 is 11.3 Å². The standard InChI is InChI=1S/C21H21FN2O2S/c1-2-24(12-18-13-25-19-5-3-4-6-20(19)26-18)11-17-14-27-21(23-17)15-7-9-16(22)10-8-15/h3-10,14,18H,2,11-13H2,1H3/p+1/t18-/m1/s1. The summed E-state index contributed by atoms with van der Waals surface area (Å²) in [4.78, 5) is 6.12. The van der Waals surface area contributed by atoms with Crippen molar-refractivity contribution >= 4 is 11.3 Å². The summed E-state index contributed by atoms with van der Waals surface area (Å²) in [5.74, 6) is 1.40. The Balaban J connectivity index is 1.39. The maximum atomic E-state index is 13.1. The van der Waals surface area contributed by atoms with E-state index in [1.54, 1.807) is 23.5 Å². The van der Waals surface area contributed by atoms with Gasteiger partial charge in [-0.15, -0.1) is 11.3 Å². The highest BCUT2D eigenvalue weighted by molar-refractivity contribution is 7.13. The number of nitrogens with zero attached hydrogens (tertiary/aromatic N) is 1. The van der Waals surface area contributed by atoms with Crippen molar-refractivity contribution in [2.75, 3.05) is 19.7 Å². The fraction of sp³-hybridized carbons (Fsp3) is 0.286. The summed E-state index contributed by atoms with van der Waals surface area (Å²) >= 11 is 1.59. The molecule has 1 unspecified atom stereocenters. The van der Waals surface area contributed by atoms with Gasteiger partial charge >= 0.3 is 0 Å². The van der Waals surface area contributed by atoms with E-state index in [1.165, 1.54) is 17.0 Å². The van der Waals surface area contributed by atoms with Gasteiger partial charge in [-0.05, 0) is 43.3 Å². The lowest BCUT2D eigenvalue weighted by Crippen LogP contribution is -3.11. The van der Waals surface area contributed by atoms with E-state index in [4.69, 9.17) is 14.5 Å². The minimum absolute atomic E-state index is 0.0325. The number of rotatable bonds is 6. The summed E-state index contributed by atoms with van der Waals surface area (Å²) in [6.07, 6.45) is 0.0325. The van der Waals surface area contributed by atoms with Crippen LogP contribution in [0.3, 0.4) is 0 Å². The summed E-state index contributed by atoms with van der Waals surface area (Å²) in [5.41, 5.74) is 2.00. The van der Waals surface area contributed by atoms with Crippen molar-refractivity contribution in [2.24, 2.45) is 0 Å². The van der Waals surface area contributed by atoms with Gasteiger partial charge in [0.05, 0.1) is 6.54 Å². The number of thiazole rings is 1. The van der Waals surface area contributed by atoms with Crippen LogP contribution in [0.15, 0.2) is 53.9 Å². The Hall–Kier alpha value is -2.44. The topological polar surface area (TPSA) is 35.8 Å². The number of quaternary nitrogens is 1. The molecule has 27 heavy (non-hydrogen) atoms. The molecule has 0 bridgehead atoms. The summed E-state index contributed by atoms with van der Waals surface area (Å²) < 4.78 is 25.0. The number of para-hydroxylation sites is 2. The zero-order chi connectivity index (χ0) is 18.6. The number of hydrogen-bond acceptors (Lipinski definition) is 4. The van der Waals surface area contributed by atoms with Crippen molar-refractivity contribution in [3.05, 3.63) is 65.4 Å². The minimum atomic E-state index is -0.228. The second kappa shape index (κ2) is 8.06. The first-order valence-electron chi connectivity index (χ1n) is 9.13. The molecule has 4 rings (SSSR count). The molecule has 0 radical (unpaired) electrons. The van der Waals surface area contributed by atoms with Crippen LogP contribution in [0.5, 0.6) is 11.5 Å². The van der Waals surface area contributed by atoms with E-state index >= 15 is 0 Å². The second-order valence-corrected chi connectivity index (χ2v) is 7.49. The maximum Gasteiger partial charge on any atom is 0.181 e. The van der Waals surface area contributed by atoms with Crippen molar-refractivity contribution in [1.29, 1.82) is 0 Å². The van der Waals surface area contributed by atoms with E-state index in [-0.39, 0.29) is 11.9 Å². The number of nitrogens with one attached hydrogen (secondary N) is 1. The zero-order valence-electron chi connectivity index (χ0n) is 15.2. The molecule has 0 fully saturated rings. The molecule has 0 aliphatic carbocycles. The lowest BCUT2D eigenvalue weighted by molar-refractivity contribution is -0.915. The molecule has 2 atom stereocenters. The van der Waals surface area contributed by atoms with Crippen LogP contribution in [0.4, 0.5) is 4.39 Å². The highest BCUT2D eigenvalue weighted by Gasteiger charge is 2.25. The van der Waals surface area contributed by atoms with Crippen molar-refractivity contribution in [1.82, 2.24) is 4.98 Å². The molecule has 4 nitrogen and oxygen atoms in total. The highest BCUT2D eigenvalue weighted by atomic mass is 32.1. The molecule has 6 heteroatoms. The van der Waals surface area contributed by atoms with E-state index < -0.39 is 0 Å². The molecule has 140 valence electrons. The van der Waals surface area contributed by atoms with Gasteiger partial charge < -0.3 is 14.4 Å². The van der Waals surface area contributed by atoms with E-state index in [0.717, 1.165) is 47.4 Å². The monoisotopic (exact) mass is 385 g/mol. The second-order valence-electron chi connectivity index (χ2n) is 6.63. The van der Waals surface area contributed by atoms with Crippen LogP contribution in [0.25, 0.3) is 10.6 Å². The predicted molar refractivity (Wildman–Crippen MR) is 104 cm³/mol. The molecule has 1 aliphatic heterocycles. The number of ether oxygens (including phenoxy) is 2. The Bertz CT molecular complexity index is 897. The molecular formula is C21H22FN2O2S+. The fourth-order valence-electron chi connectivity index (χ4n) is 3.20. The lowest BCUT2D eigenvalue weighted by atomic mass is 10.2. The number of likely N-dealkylation sites (N-methyl/N-ethyl adjacent to an activating group) is 1. The lowest BCUT2D eigenvalue weighted by Gasteiger charge is -2.28. The van der Waals surface area contributed by atoms with Crippen LogP contribution in [0.1, 0.15) is 12.6 Å². The molecule has 0 spiro atoms. The third-order valence-electron chi connectivity index (χ3n) is 4.66. The summed E-state index contributed by atoms with van der Waals surface area (Å²) in [6, 6.07) is 14.3. The van der Waals surface area contributed by atoms with Gasteiger partial charge in [-0.1, -0.05) is 12.1 Å². The number of halogens is 1. The van der Waals surface area contributed by atoms with Crippen LogP contribution in [-0.2, 0) is 6.54 Å². The van der Waals surface area contributed by atoms with Gasteiger partial charge in [-0.25, -0.2) is 9.37 Å². The number of benzene rings is 2. The van der Waals surface area contributed by atoms with Crippen molar-refractivity contribution < 1.29 is 18.8 Å². The van der Waals surface area contributed by atoms with E-state index in [1.807, 2.05) is 24.3 Å². The number of aromatic nitrogens is 1. The average Bonchev–Trinajstić information content (AvgIpc) is 3.16. The van der Waals surface area contributed by atoms with Crippen LogP contribution in [0.2, 0.25) is 0 Å². The van der Waals surface area contributed by atoms with Gasteiger partial charge in [0.1, 0.15) is 36.2 Å². The molecule has 1 aliphatic rings. The first-order chi connectivity index (χ1) is 13.2. The molecule has 3 aromatic rings.